The number of nitrogens with zero attached hydrogens (tertiary/aromatic N) is 4. The van der Waals surface area contributed by atoms with Gasteiger partial charge in [-0.1, -0.05) is 6.42 Å². The quantitative estimate of drug-likeness (QED) is 0.113. The van der Waals surface area contributed by atoms with E-state index in [2.05, 4.69) is 9.97 Å². The Balaban J connectivity index is 0.00000650. The molecule has 50 heavy (non-hydrogen) atoms. The van der Waals surface area contributed by atoms with Gasteiger partial charge in [-0.3, -0.25) is 4.79 Å². The van der Waals surface area contributed by atoms with Gasteiger partial charge in [0.2, 0.25) is 5.95 Å². The number of hydrogen-bond acceptors (Lipinski definition) is 7. The van der Waals surface area contributed by atoms with Gasteiger partial charge in [0.05, 0.1) is 35.7 Å². The second-order valence-corrected chi connectivity index (χ2v) is 11.0. The number of aromatic nitrogens is 2. The number of ether oxygens (including phenoxy) is 2. The molecule has 0 unspecified atom stereocenters. The first-order valence-corrected chi connectivity index (χ1v) is 15.1. The minimum Gasteiger partial charge on any atom is -1.00 e. The Morgan fingerprint density at radius 3 is 1.92 bits per heavy atom. The SMILES string of the molecule is CCN(CCCCCC(=O)O)c1ccc(C(F)(F)F)cc1CN(Cc1cc(C(F)(F)F)cc(C(F)(F)F)c1)c1ncc(OCCOC)cn1.[H-].[Na+]. The topological polar surface area (TPSA) is 88.0 Å². The van der Waals surface area contributed by atoms with Crippen molar-refractivity contribution < 1.29 is 89.9 Å². The van der Waals surface area contributed by atoms with Gasteiger partial charge in [-0.2, -0.15) is 39.5 Å². The average molecular weight is 735 g/mol. The second-order valence-electron chi connectivity index (χ2n) is 11.0. The monoisotopic (exact) mass is 734 g/mol. The first-order chi connectivity index (χ1) is 22.9. The number of methoxy groups -OCH3 is 1. The van der Waals surface area contributed by atoms with Crippen molar-refractivity contribution in [1.82, 2.24) is 9.97 Å². The van der Waals surface area contributed by atoms with Gasteiger partial charge >= 0.3 is 54.1 Å². The van der Waals surface area contributed by atoms with Gasteiger partial charge in [0, 0.05) is 45.4 Å². The summed E-state index contributed by atoms with van der Waals surface area (Å²) in [5.74, 6) is -0.999. The molecule has 0 fully saturated rings. The van der Waals surface area contributed by atoms with Gasteiger partial charge < -0.3 is 25.8 Å². The molecule has 8 nitrogen and oxygen atoms in total. The van der Waals surface area contributed by atoms with E-state index >= 15 is 0 Å². The molecule has 0 atom stereocenters. The van der Waals surface area contributed by atoms with Crippen LogP contribution in [0, 0.1) is 0 Å². The number of halogens is 9. The van der Waals surface area contributed by atoms with Crippen LogP contribution in [-0.4, -0.2) is 54.5 Å². The van der Waals surface area contributed by atoms with Gasteiger partial charge in [0.1, 0.15) is 6.61 Å². The van der Waals surface area contributed by atoms with Crippen LogP contribution in [0.4, 0.5) is 51.1 Å². The van der Waals surface area contributed by atoms with Crippen molar-refractivity contribution in [1.29, 1.82) is 0 Å². The minimum absolute atomic E-state index is 0. The molecule has 1 aromatic heterocycles. The van der Waals surface area contributed by atoms with Crippen molar-refractivity contribution in [2.24, 2.45) is 0 Å². The summed E-state index contributed by atoms with van der Waals surface area (Å²) in [5, 5.41) is 8.89. The number of aliphatic carboxylic acids is 1. The Morgan fingerprint density at radius 2 is 1.40 bits per heavy atom. The normalized spacial score (nSPS) is 12.0. The third-order valence-electron chi connectivity index (χ3n) is 7.28. The minimum atomic E-state index is -5.13. The van der Waals surface area contributed by atoms with Crippen LogP contribution < -0.4 is 44.1 Å². The number of alkyl halides is 9. The third-order valence-corrected chi connectivity index (χ3v) is 7.28. The summed E-state index contributed by atoms with van der Waals surface area (Å²) in [6.45, 7) is 1.65. The number of carbonyl (C=O) groups is 1. The fraction of sp³-hybridized carbons (Fsp3) is 0.469. The standard InChI is InChI=1S/C32H35F9N4O4.Na.H/c1-3-44(10-6-4-5-7-28(46)47)27-9-8-23(30(33,34)35)15-22(27)20-45(29-42-17-26(18-43-29)49-12-11-48-2)19-21-13-24(31(36,37)38)16-25(14-21)32(39,40)41;;/h8-9,13-18H,3-7,10-12,19-20H2,1-2H3,(H,46,47);;/q;+1;-1. The zero-order chi connectivity index (χ0) is 36.4. The Bertz CT molecular complexity index is 1500. The number of rotatable bonds is 17. The molecule has 0 radical (unpaired) electrons. The van der Waals surface area contributed by atoms with Crippen molar-refractivity contribution in [2.75, 3.05) is 43.2 Å². The summed E-state index contributed by atoms with van der Waals surface area (Å²) >= 11 is 0. The van der Waals surface area contributed by atoms with Gasteiger partial charge in [-0.05, 0) is 67.3 Å². The Kier molecular flexibility index (Phi) is 16.1. The fourth-order valence-corrected chi connectivity index (χ4v) is 4.93. The number of benzene rings is 2. The Hall–Kier alpha value is -3.28. The van der Waals surface area contributed by atoms with Gasteiger partial charge in [-0.25, -0.2) is 9.97 Å². The Morgan fingerprint density at radius 1 is 0.800 bits per heavy atom. The molecule has 0 saturated heterocycles. The number of anilines is 2. The molecule has 0 saturated carbocycles. The van der Waals surface area contributed by atoms with E-state index in [1.54, 1.807) is 11.8 Å². The van der Waals surface area contributed by atoms with Crippen LogP contribution in [-0.2, 0) is 41.1 Å². The number of unbranched alkanes of at least 4 members (excludes halogenated alkanes) is 2. The number of carboxylic acid groups (broad SMARTS) is 1. The summed E-state index contributed by atoms with van der Waals surface area (Å²) in [4.78, 5) is 22.1. The predicted molar refractivity (Wildman–Crippen MR) is 162 cm³/mol. The molecule has 272 valence electrons. The van der Waals surface area contributed by atoms with Crippen molar-refractivity contribution in [2.45, 2.75) is 64.2 Å². The maximum Gasteiger partial charge on any atom is 1.00 e. The molecule has 1 N–H and O–H groups in total. The van der Waals surface area contributed by atoms with Crippen molar-refractivity contribution in [3.05, 3.63) is 76.6 Å². The largest absolute Gasteiger partial charge is 1.00 e. The van der Waals surface area contributed by atoms with Crippen LogP contribution in [0.3, 0.4) is 0 Å². The van der Waals surface area contributed by atoms with Crippen LogP contribution >= 0.6 is 0 Å². The zero-order valence-corrected chi connectivity index (χ0v) is 29.6. The summed E-state index contributed by atoms with van der Waals surface area (Å²) in [7, 11) is 1.44. The summed E-state index contributed by atoms with van der Waals surface area (Å²) < 4.78 is 134. The van der Waals surface area contributed by atoms with Gasteiger partial charge in [0.15, 0.2) is 5.75 Å². The van der Waals surface area contributed by atoms with E-state index < -0.39 is 59.8 Å². The Labute approximate surface area is 306 Å². The molecular weight excluding hydrogens is 698 g/mol. The first-order valence-electron chi connectivity index (χ1n) is 15.1. The van der Waals surface area contributed by atoms with Crippen molar-refractivity contribution in [3.8, 4) is 5.75 Å². The fourth-order valence-electron chi connectivity index (χ4n) is 4.93. The molecule has 0 amide bonds. The molecule has 3 rings (SSSR count). The molecule has 0 aliphatic rings. The molecular formula is C32H36F9N4NaO4. The van der Waals surface area contributed by atoms with Crippen molar-refractivity contribution in [3.63, 3.8) is 0 Å². The van der Waals surface area contributed by atoms with E-state index in [4.69, 9.17) is 14.6 Å². The first kappa shape index (κ1) is 42.9. The van der Waals surface area contributed by atoms with E-state index in [0.29, 0.717) is 50.2 Å². The number of hydrogen-bond donors (Lipinski definition) is 1. The second kappa shape index (κ2) is 18.8. The van der Waals surface area contributed by atoms with E-state index in [0.717, 1.165) is 12.1 Å². The van der Waals surface area contributed by atoms with Gasteiger partial charge in [0.25, 0.3) is 0 Å². The maximum atomic E-state index is 13.9. The van der Waals surface area contributed by atoms with E-state index in [1.165, 1.54) is 30.5 Å². The zero-order valence-electron chi connectivity index (χ0n) is 28.6. The van der Waals surface area contributed by atoms with Crippen molar-refractivity contribution >= 4 is 17.6 Å². The molecule has 18 heteroatoms. The summed E-state index contributed by atoms with van der Waals surface area (Å²) in [5.41, 5.74) is -4.19. The van der Waals surface area contributed by atoms with Crippen LogP contribution in [0.25, 0.3) is 0 Å². The number of carboxylic acids is 1. The molecule has 0 aliphatic carbocycles. The summed E-state index contributed by atoms with van der Waals surface area (Å²) in [6, 6.07) is 4.04. The van der Waals surface area contributed by atoms with E-state index in [9.17, 15) is 44.3 Å². The van der Waals surface area contributed by atoms with Crippen LogP contribution in [0.1, 0.15) is 61.9 Å². The van der Waals surface area contributed by atoms with Crippen LogP contribution in [0.2, 0.25) is 0 Å². The summed E-state index contributed by atoms with van der Waals surface area (Å²) in [6.07, 6.45) is -11.2. The average Bonchev–Trinajstić information content (AvgIpc) is 3.01. The molecule has 2 aromatic carbocycles. The van der Waals surface area contributed by atoms with Crippen LogP contribution in [0.15, 0.2) is 48.8 Å². The van der Waals surface area contributed by atoms with E-state index in [-0.39, 0.29) is 73.9 Å². The van der Waals surface area contributed by atoms with Crippen LogP contribution in [0.5, 0.6) is 5.75 Å². The maximum absolute atomic E-state index is 13.9. The molecule has 1 heterocycles. The van der Waals surface area contributed by atoms with Gasteiger partial charge in [-0.15, -0.1) is 0 Å². The molecule has 0 bridgehead atoms. The molecule has 3 aromatic rings. The predicted octanol–water partition coefficient (Wildman–Crippen LogP) is 5.35. The molecule has 0 spiro atoms. The van der Waals surface area contributed by atoms with E-state index in [1.807, 2.05) is 0 Å². The smallest absolute Gasteiger partial charge is 1.00 e. The third kappa shape index (κ3) is 13.1. The molecule has 0 aliphatic heterocycles.